The van der Waals surface area contributed by atoms with Gasteiger partial charge < -0.3 is 0 Å². The SMILES string of the molecule is CC(F)(F)OC(F)(F)C(F)(F)OCF. The van der Waals surface area contributed by atoms with Crippen molar-refractivity contribution in [2.24, 2.45) is 0 Å². The summed E-state index contributed by atoms with van der Waals surface area (Å²) in [4.78, 5) is 0. The maximum atomic E-state index is 12.1. The first-order chi connectivity index (χ1) is 6.02. The lowest BCUT2D eigenvalue weighted by atomic mass is 10.5. The minimum absolute atomic E-state index is 0.174. The molecule has 0 aromatic heterocycles. The average molecular weight is 230 g/mol. The summed E-state index contributed by atoms with van der Waals surface area (Å²) in [6.07, 6.45) is -15.6. The molecule has 0 rings (SSSR count). The van der Waals surface area contributed by atoms with Gasteiger partial charge in [0, 0.05) is 6.92 Å². The molecule has 0 aliphatic rings. The zero-order valence-corrected chi connectivity index (χ0v) is 6.67. The Bertz CT molecular complexity index is 187. The lowest BCUT2D eigenvalue weighted by Gasteiger charge is -2.26. The third-order valence-corrected chi connectivity index (χ3v) is 0.882. The first-order valence-electron chi connectivity index (χ1n) is 3.05. The van der Waals surface area contributed by atoms with E-state index in [1.807, 2.05) is 0 Å². The molecule has 2 nitrogen and oxygen atoms in total. The van der Waals surface area contributed by atoms with Gasteiger partial charge in [0.25, 0.3) is 0 Å². The van der Waals surface area contributed by atoms with Gasteiger partial charge in [-0.05, 0) is 0 Å². The Hall–Kier alpha value is -0.570. The van der Waals surface area contributed by atoms with Crippen LogP contribution >= 0.6 is 0 Å². The summed E-state index contributed by atoms with van der Waals surface area (Å²) >= 11 is 0. The second kappa shape index (κ2) is 3.89. The van der Waals surface area contributed by atoms with Crippen LogP contribution in [0.3, 0.4) is 0 Å². The van der Waals surface area contributed by atoms with E-state index >= 15 is 0 Å². The van der Waals surface area contributed by atoms with Crippen LogP contribution in [0.5, 0.6) is 0 Å². The molecule has 0 bridgehead atoms. The summed E-state index contributed by atoms with van der Waals surface area (Å²) in [5.41, 5.74) is 0. The highest BCUT2D eigenvalue weighted by atomic mass is 19.3. The minimum atomic E-state index is -5.61. The highest BCUT2D eigenvalue weighted by Gasteiger charge is 2.63. The Labute approximate surface area is 73.6 Å². The zero-order valence-electron chi connectivity index (χ0n) is 6.67. The normalized spacial score (nSPS) is 14.6. The van der Waals surface area contributed by atoms with Crippen molar-refractivity contribution in [1.82, 2.24) is 0 Å². The topological polar surface area (TPSA) is 18.5 Å². The van der Waals surface area contributed by atoms with E-state index in [9.17, 15) is 30.7 Å². The Morgan fingerprint density at radius 3 is 1.64 bits per heavy atom. The summed E-state index contributed by atoms with van der Waals surface area (Å²) in [5.74, 6) is 0. The molecule has 0 radical (unpaired) electrons. The van der Waals surface area contributed by atoms with Gasteiger partial charge in [-0.15, -0.1) is 0 Å². The molecule has 0 aromatic rings. The molecular formula is C5H5F7O2. The van der Waals surface area contributed by atoms with Crippen molar-refractivity contribution in [2.45, 2.75) is 25.2 Å². The Balaban J connectivity index is 4.59. The van der Waals surface area contributed by atoms with Gasteiger partial charge >= 0.3 is 18.3 Å². The predicted octanol–water partition coefficient (Wildman–Crippen LogP) is 2.74. The van der Waals surface area contributed by atoms with Crippen LogP contribution < -0.4 is 0 Å². The zero-order chi connectivity index (χ0) is 11.6. The van der Waals surface area contributed by atoms with E-state index in [-0.39, 0.29) is 6.92 Å². The lowest BCUT2D eigenvalue weighted by Crippen LogP contribution is -2.48. The van der Waals surface area contributed by atoms with Crippen molar-refractivity contribution in [3.8, 4) is 0 Å². The van der Waals surface area contributed by atoms with Gasteiger partial charge in [-0.1, -0.05) is 0 Å². The third-order valence-electron chi connectivity index (χ3n) is 0.882. The van der Waals surface area contributed by atoms with Crippen molar-refractivity contribution in [1.29, 1.82) is 0 Å². The van der Waals surface area contributed by atoms with Crippen molar-refractivity contribution in [3.05, 3.63) is 0 Å². The molecule has 0 saturated carbocycles. The van der Waals surface area contributed by atoms with Gasteiger partial charge in [-0.25, -0.2) is 9.13 Å². The molecule has 0 atom stereocenters. The minimum Gasteiger partial charge on any atom is -0.281 e. The highest BCUT2D eigenvalue weighted by Crippen LogP contribution is 2.39. The molecule has 9 heteroatoms. The van der Waals surface area contributed by atoms with E-state index in [0.717, 1.165) is 0 Å². The van der Waals surface area contributed by atoms with Gasteiger partial charge in [-0.2, -0.15) is 26.3 Å². The molecular weight excluding hydrogens is 225 g/mol. The van der Waals surface area contributed by atoms with Gasteiger partial charge in [0.15, 0.2) is 6.86 Å². The van der Waals surface area contributed by atoms with Crippen LogP contribution in [0.15, 0.2) is 0 Å². The fourth-order valence-corrected chi connectivity index (χ4v) is 0.437. The average Bonchev–Trinajstić information content (AvgIpc) is 1.79. The molecule has 0 N–H and O–H groups in total. The van der Waals surface area contributed by atoms with Gasteiger partial charge in [0.05, 0.1) is 0 Å². The molecule has 0 unspecified atom stereocenters. The third kappa shape index (κ3) is 3.66. The fraction of sp³-hybridized carbons (Fsp3) is 1.00. The van der Waals surface area contributed by atoms with Crippen molar-refractivity contribution >= 4 is 0 Å². The summed E-state index contributed by atoms with van der Waals surface area (Å²) in [7, 11) is 0. The molecule has 0 aliphatic carbocycles. The summed E-state index contributed by atoms with van der Waals surface area (Å²) in [6, 6.07) is 0. The van der Waals surface area contributed by atoms with E-state index in [1.165, 1.54) is 0 Å². The van der Waals surface area contributed by atoms with E-state index in [0.29, 0.717) is 0 Å². The van der Waals surface area contributed by atoms with Crippen LogP contribution in [0.4, 0.5) is 30.7 Å². The number of alkyl halides is 7. The van der Waals surface area contributed by atoms with Crippen LogP contribution in [0.2, 0.25) is 0 Å². The van der Waals surface area contributed by atoms with Gasteiger partial charge in [0.1, 0.15) is 0 Å². The number of halogens is 7. The summed E-state index contributed by atoms with van der Waals surface area (Å²) in [6.45, 7) is -2.44. The predicted molar refractivity (Wildman–Crippen MR) is 28.7 cm³/mol. The van der Waals surface area contributed by atoms with Crippen molar-refractivity contribution < 1.29 is 40.2 Å². The second-order valence-corrected chi connectivity index (χ2v) is 2.20. The van der Waals surface area contributed by atoms with E-state index < -0.39 is 25.2 Å². The lowest BCUT2D eigenvalue weighted by molar-refractivity contribution is -0.480. The Morgan fingerprint density at radius 2 is 1.36 bits per heavy atom. The number of hydrogen-bond donors (Lipinski definition) is 0. The van der Waals surface area contributed by atoms with Crippen molar-refractivity contribution in [3.63, 3.8) is 0 Å². The second-order valence-electron chi connectivity index (χ2n) is 2.20. The largest absolute Gasteiger partial charge is 0.452 e. The summed E-state index contributed by atoms with van der Waals surface area (Å²) < 4.78 is 88.3. The van der Waals surface area contributed by atoms with Crippen LogP contribution in [0, 0.1) is 0 Å². The summed E-state index contributed by atoms with van der Waals surface area (Å²) in [5, 5.41) is 0. The Kier molecular flexibility index (Phi) is 3.73. The fourth-order valence-electron chi connectivity index (χ4n) is 0.437. The van der Waals surface area contributed by atoms with Crippen LogP contribution in [0.25, 0.3) is 0 Å². The molecule has 0 fully saturated rings. The molecule has 0 aromatic carbocycles. The van der Waals surface area contributed by atoms with Gasteiger partial charge in [-0.3, -0.25) is 4.74 Å². The van der Waals surface area contributed by atoms with E-state index in [2.05, 4.69) is 9.47 Å². The number of hydrogen-bond acceptors (Lipinski definition) is 2. The van der Waals surface area contributed by atoms with Crippen LogP contribution in [0.1, 0.15) is 6.92 Å². The van der Waals surface area contributed by atoms with Gasteiger partial charge in [0.2, 0.25) is 0 Å². The molecule has 86 valence electrons. The number of ether oxygens (including phenoxy) is 2. The first-order valence-corrected chi connectivity index (χ1v) is 3.05. The maximum absolute atomic E-state index is 12.1. The molecule has 14 heavy (non-hydrogen) atoms. The number of rotatable bonds is 5. The van der Waals surface area contributed by atoms with E-state index in [1.54, 1.807) is 0 Å². The van der Waals surface area contributed by atoms with Crippen molar-refractivity contribution in [2.75, 3.05) is 6.86 Å². The van der Waals surface area contributed by atoms with E-state index in [4.69, 9.17) is 0 Å². The standard InChI is InChI=1S/C5H5F7O2/c1-3(7,8)14-5(11,12)4(9,10)13-2-6/h2H2,1H3. The highest BCUT2D eigenvalue weighted by molar-refractivity contribution is 4.67. The molecule has 0 saturated heterocycles. The molecule has 0 spiro atoms. The van der Waals surface area contributed by atoms with Crippen LogP contribution in [-0.2, 0) is 9.47 Å². The smallest absolute Gasteiger partial charge is 0.281 e. The quantitative estimate of drug-likeness (QED) is 0.676. The monoisotopic (exact) mass is 230 g/mol. The molecule has 0 heterocycles. The molecule has 0 amide bonds. The maximum Gasteiger partial charge on any atom is 0.452 e. The Morgan fingerprint density at radius 1 is 0.929 bits per heavy atom. The molecule has 0 aliphatic heterocycles. The first kappa shape index (κ1) is 13.4. The van der Waals surface area contributed by atoms with Crippen LogP contribution in [-0.4, -0.2) is 25.2 Å².